The molecule has 0 fully saturated rings. The Bertz CT molecular complexity index is 763. The maximum absolute atomic E-state index is 6.22. The largest absolute Gasteiger partial charge is 0.454 e. The van der Waals surface area contributed by atoms with E-state index in [1.807, 2.05) is 31.0 Å². The Hall–Kier alpha value is -1.99. The Morgan fingerprint density at radius 1 is 1.46 bits per heavy atom. The van der Waals surface area contributed by atoms with Crippen molar-refractivity contribution in [3.8, 4) is 11.5 Å². The van der Waals surface area contributed by atoms with Crippen LogP contribution in [0.4, 0.5) is 0 Å². The van der Waals surface area contributed by atoms with Gasteiger partial charge in [0, 0.05) is 26.0 Å². The molecule has 6 nitrogen and oxygen atoms in total. The number of aromatic nitrogens is 1. The molecule has 2 heterocycles. The number of ether oxygens (including phenoxy) is 2. The smallest absolute Gasteiger partial charge is 0.231 e. The first-order valence-corrected chi connectivity index (χ1v) is 8.73. The zero-order chi connectivity index (χ0) is 17.1. The molecule has 0 radical (unpaired) electrons. The van der Waals surface area contributed by atoms with Gasteiger partial charge in [0.15, 0.2) is 17.5 Å². The molecule has 128 valence electrons. The van der Waals surface area contributed by atoms with Gasteiger partial charge in [0.1, 0.15) is 0 Å². The molecule has 0 spiro atoms. The summed E-state index contributed by atoms with van der Waals surface area (Å²) in [5, 5.41) is 7.02. The number of nitrogens with zero attached hydrogens (tertiary/aromatic N) is 3. The molecule has 1 N–H and O–H groups in total. The monoisotopic (exact) mass is 366 g/mol. The van der Waals surface area contributed by atoms with Crippen molar-refractivity contribution in [1.29, 1.82) is 0 Å². The van der Waals surface area contributed by atoms with Crippen molar-refractivity contribution in [2.45, 2.75) is 20.0 Å². The molecule has 1 aromatic heterocycles. The highest BCUT2D eigenvalue weighted by Crippen LogP contribution is 2.39. The van der Waals surface area contributed by atoms with Crippen LogP contribution in [0, 0.1) is 6.92 Å². The number of guanidine groups is 1. The van der Waals surface area contributed by atoms with Gasteiger partial charge >= 0.3 is 0 Å². The van der Waals surface area contributed by atoms with E-state index in [9.17, 15) is 0 Å². The number of nitrogens with one attached hydrogen (secondary N) is 1. The van der Waals surface area contributed by atoms with Crippen molar-refractivity contribution in [3.63, 3.8) is 0 Å². The lowest BCUT2D eigenvalue weighted by molar-refractivity contribution is 0.174. The number of aryl methyl sites for hydroxylation is 1. The van der Waals surface area contributed by atoms with Crippen LogP contribution in [0.15, 0.2) is 22.5 Å². The van der Waals surface area contributed by atoms with E-state index in [1.165, 1.54) is 0 Å². The highest BCUT2D eigenvalue weighted by atomic mass is 35.5. The number of benzene rings is 1. The van der Waals surface area contributed by atoms with E-state index in [-0.39, 0.29) is 6.79 Å². The molecule has 24 heavy (non-hydrogen) atoms. The van der Waals surface area contributed by atoms with Crippen molar-refractivity contribution < 1.29 is 9.47 Å². The first-order valence-electron chi connectivity index (χ1n) is 7.47. The SMILES string of the molecule is CN=C(NCc1cc(Cl)c2c(c1)OCO2)N(C)Cc1csc(C)n1. The van der Waals surface area contributed by atoms with Crippen LogP contribution in [-0.2, 0) is 13.1 Å². The number of halogens is 1. The summed E-state index contributed by atoms with van der Waals surface area (Å²) in [4.78, 5) is 10.8. The van der Waals surface area contributed by atoms with Crippen LogP contribution in [0.1, 0.15) is 16.3 Å². The van der Waals surface area contributed by atoms with Crippen molar-refractivity contribution >= 4 is 28.9 Å². The molecule has 1 aromatic carbocycles. The summed E-state index contributed by atoms with van der Waals surface area (Å²) in [5.74, 6) is 2.08. The molecule has 2 aromatic rings. The van der Waals surface area contributed by atoms with Crippen LogP contribution in [-0.4, -0.2) is 36.7 Å². The molecule has 0 unspecified atom stereocenters. The van der Waals surface area contributed by atoms with Gasteiger partial charge in [-0.2, -0.15) is 0 Å². The fourth-order valence-corrected chi connectivity index (χ4v) is 3.38. The molecule has 0 atom stereocenters. The number of hydrogen-bond acceptors (Lipinski definition) is 5. The lowest BCUT2D eigenvalue weighted by atomic mass is 10.2. The maximum atomic E-state index is 6.22. The van der Waals surface area contributed by atoms with Gasteiger partial charge in [0.25, 0.3) is 0 Å². The molecule has 0 saturated carbocycles. The summed E-state index contributed by atoms with van der Waals surface area (Å²) in [5.41, 5.74) is 2.04. The molecular formula is C16H19ClN4O2S. The first kappa shape index (κ1) is 16.9. The molecular weight excluding hydrogens is 348 g/mol. The van der Waals surface area contributed by atoms with Crippen molar-refractivity contribution in [3.05, 3.63) is 38.8 Å². The van der Waals surface area contributed by atoms with Gasteiger partial charge in [-0.1, -0.05) is 11.6 Å². The first-order chi connectivity index (χ1) is 11.6. The second-order valence-electron chi connectivity index (χ2n) is 5.43. The Labute approximate surface area is 150 Å². The van der Waals surface area contributed by atoms with Crippen molar-refractivity contribution in [1.82, 2.24) is 15.2 Å². The molecule has 1 aliphatic heterocycles. The van der Waals surface area contributed by atoms with E-state index < -0.39 is 0 Å². The number of aliphatic imine (C=N–C) groups is 1. The Kier molecular flexibility index (Phi) is 5.11. The van der Waals surface area contributed by atoms with Gasteiger partial charge in [0.05, 0.1) is 22.3 Å². The zero-order valence-corrected chi connectivity index (χ0v) is 15.4. The average molecular weight is 367 g/mol. The van der Waals surface area contributed by atoms with Crippen LogP contribution in [0.5, 0.6) is 11.5 Å². The van der Waals surface area contributed by atoms with Crippen molar-refractivity contribution in [2.75, 3.05) is 20.9 Å². The minimum atomic E-state index is 0.212. The van der Waals surface area contributed by atoms with E-state index in [2.05, 4.69) is 20.7 Å². The molecule has 1 aliphatic rings. The van der Waals surface area contributed by atoms with E-state index in [0.29, 0.717) is 29.6 Å². The Morgan fingerprint density at radius 3 is 3.00 bits per heavy atom. The summed E-state index contributed by atoms with van der Waals surface area (Å²) in [7, 11) is 3.74. The fourth-order valence-electron chi connectivity index (χ4n) is 2.49. The Morgan fingerprint density at radius 2 is 2.29 bits per heavy atom. The lowest BCUT2D eigenvalue weighted by Gasteiger charge is -2.21. The molecule has 0 saturated heterocycles. The second-order valence-corrected chi connectivity index (χ2v) is 6.90. The highest BCUT2D eigenvalue weighted by molar-refractivity contribution is 7.09. The van der Waals surface area contributed by atoms with E-state index in [1.54, 1.807) is 18.4 Å². The third kappa shape index (κ3) is 3.73. The summed E-state index contributed by atoms with van der Waals surface area (Å²) in [6, 6.07) is 3.80. The topological polar surface area (TPSA) is 59.0 Å². The lowest BCUT2D eigenvalue weighted by Crippen LogP contribution is -2.38. The van der Waals surface area contributed by atoms with Crippen LogP contribution in [0.2, 0.25) is 5.02 Å². The third-order valence-corrected chi connectivity index (χ3v) is 4.68. The zero-order valence-electron chi connectivity index (χ0n) is 13.8. The normalized spacial score (nSPS) is 13.2. The number of rotatable bonds is 4. The van der Waals surface area contributed by atoms with Gasteiger partial charge in [-0.05, 0) is 24.6 Å². The van der Waals surface area contributed by atoms with Gasteiger partial charge in [-0.15, -0.1) is 11.3 Å². The standard InChI is InChI=1S/C16H19ClN4O2S/c1-10-20-12(8-24-10)7-21(3)16(18-2)19-6-11-4-13(17)15-14(5-11)22-9-23-15/h4-5,8H,6-7,9H2,1-3H3,(H,18,19). The molecule has 3 rings (SSSR count). The van der Waals surface area contributed by atoms with Gasteiger partial charge < -0.3 is 19.7 Å². The average Bonchev–Trinajstić information content (AvgIpc) is 3.17. The van der Waals surface area contributed by atoms with E-state index >= 15 is 0 Å². The van der Waals surface area contributed by atoms with Crippen LogP contribution >= 0.6 is 22.9 Å². The highest BCUT2D eigenvalue weighted by Gasteiger charge is 2.18. The van der Waals surface area contributed by atoms with Gasteiger partial charge in [0.2, 0.25) is 6.79 Å². The molecule has 0 aliphatic carbocycles. The summed E-state index contributed by atoms with van der Waals surface area (Å²) < 4.78 is 10.7. The maximum Gasteiger partial charge on any atom is 0.231 e. The predicted octanol–water partition coefficient (Wildman–Crippen LogP) is 3.04. The third-order valence-electron chi connectivity index (χ3n) is 3.58. The number of hydrogen-bond donors (Lipinski definition) is 1. The predicted molar refractivity (Wildman–Crippen MR) is 96.1 cm³/mol. The van der Waals surface area contributed by atoms with Crippen LogP contribution in [0.3, 0.4) is 0 Å². The molecule has 0 amide bonds. The second kappa shape index (κ2) is 7.27. The van der Waals surface area contributed by atoms with Crippen LogP contribution < -0.4 is 14.8 Å². The van der Waals surface area contributed by atoms with Gasteiger partial charge in [-0.25, -0.2) is 4.98 Å². The van der Waals surface area contributed by atoms with Gasteiger partial charge in [-0.3, -0.25) is 4.99 Å². The van der Waals surface area contributed by atoms with Crippen LogP contribution in [0.25, 0.3) is 0 Å². The number of fused-ring (bicyclic) bond motifs is 1. The van der Waals surface area contributed by atoms with Crippen molar-refractivity contribution in [2.24, 2.45) is 4.99 Å². The minimum absolute atomic E-state index is 0.212. The molecule has 8 heteroatoms. The summed E-state index contributed by atoms with van der Waals surface area (Å²) >= 11 is 7.87. The Balaban J connectivity index is 1.63. The summed E-state index contributed by atoms with van der Waals surface area (Å²) in [6.45, 7) is 3.50. The quantitative estimate of drug-likeness (QED) is 0.665. The fraction of sp³-hybridized carbons (Fsp3) is 0.375. The molecule has 0 bridgehead atoms. The summed E-state index contributed by atoms with van der Waals surface area (Å²) in [6.07, 6.45) is 0. The van der Waals surface area contributed by atoms with E-state index in [0.717, 1.165) is 22.2 Å². The minimum Gasteiger partial charge on any atom is -0.454 e. The number of thiazole rings is 1. The van der Waals surface area contributed by atoms with E-state index in [4.69, 9.17) is 21.1 Å².